The van der Waals surface area contributed by atoms with Crippen molar-refractivity contribution in [3.05, 3.63) is 4.64 Å². The minimum absolute atomic E-state index is 0.119. The van der Waals surface area contributed by atoms with Gasteiger partial charge in [0, 0.05) is 0 Å². The van der Waals surface area contributed by atoms with Crippen molar-refractivity contribution < 1.29 is 4.79 Å². The van der Waals surface area contributed by atoms with E-state index in [2.05, 4.69) is 15.3 Å². The quantitative estimate of drug-likeness (QED) is 0.379. The van der Waals surface area contributed by atoms with E-state index < -0.39 is 0 Å². The Morgan fingerprint density at radius 2 is 2.25 bits per heavy atom. The van der Waals surface area contributed by atoms with Gasteiger partial charge in [0.05, 0.1) is 0 Å². The Labute approximate surface area is 73.0 Å². The summed E-state index contributed by atoms with van der Waals surface area (Å²) in [6.45, 7) is 0. The zero-order chi connectivity index (χ0) is 9.14. The average Bonchev–Trinajstić information content (AvgIpc) is 1.96. The van der Waals surface area contributed by atoms with Crippen LogP contribution in [0.1, 0.15) is 0 Å². The van der Waals surface area contributed by atoms with Gasteiger partial charge < -0.3 is 21.8 Å². The summed E-state index contributed by atoms with van der Waals surface area (Å²) >= 11 is 4.78. The van der Waals surface area contributed by atoms with Crippen LogP contribution in [0.5, 0.6) is 0 Å². The summed E-state index contributed by atoms with van der Waals surface area (Å²) in [7, 11) is 0. The van der Waals surface area contributed by atoms with E-state index in [4.69, 9.17) is 23.7 Å². The van der Waals surface area contributed by atoms with Crippen LogP contribution in [-0.4, -0.2) is 16.4 Å². The Morgan fingerprint density at radius 1 is 1.58 bits per heavy atom. The molecule has 0 radical (unpaired) electrons. The van der Waals surface area contributed by atoms with Crippen LogP contribution in [0.25, 0.3) is 0 Å². The highest BCUT2D eigenvalue weighted by molar-refractivity contribution is 7.71. The summed E-state index contributed by atoms with van der Waals surface area (Å²) in [6, 6.07) is 0. The number of H-pyrrole nitrogens is 1. The maximum atomic E-state index is 10.1. The molecule has 0 aliphatic rings. The molecule has 0 saturated carbocycles. The lowest BCUT2D eigenvalue weighted by atomic mass is 10.5. The van der Waals surface area contributed by atoms with Crippen LogP contribution in [0.15, 0.2) is 0 Å². The van der Waals surface area contributed by atoms with Gasteiger partial charge in [-0.15, -0.1) is 0 Å². The highest BCUT2D eigenvalue weighted by atomic mass is 32.1. The molecule has 6 nitrogen and oxygen atoms in total. The van der Waals surface area contributed by atoms with E-state index in [0.717, 1.165) is 0 Å². The first-order chi connectivity index (χ1) is 5.65. The van der Waals surface area contributed by atoms with Crippen LogP contribution in [0.2, 0.25) is 0 Å². The van der Waals surface area contributed by atoms with E-state index in [1.165, 1.54) is 0 Å². The fraction of sp³-hybridized carbons (Fsp3) is 0. The van der Waals surface area contributed by atoms with Gasteiger partial charge in [-0.1, -0.05) is 12.2 Å². The first-order valence-corrected chi connectivity index (χ1v) is 3.41. The molecule has 1 aromatic rings. The Morgan fingerprint density at radius 3 is 2.75 bits per heavy atom. The monoisotopic (exact) mass is 185 g/mol. The van der Waals surface area contributed by atoms with Gasteiger partial charge in [0.25, 0.3) is 0 Å². The standard InChI is InChI=1S/C5H7N5OS/c6-3-2(8-1-11)4(12)10-5(7)9-3/h1H,(H,8,11)(H5,6,7,9,10,12). The largest absolute Gasteiger partial charge is 0.383 e. The molecule has 0 aromatic carbocycles. The van der Waals surface area contributed by atoms with Crippen molar-refractivity contribution in [2.45, 2.75) is 0 Å². The Kier molecular flexibility index (Phi) is 2.24. The first kappa shape index (κ1) is 8.47. The second-order valence-electron chi connectivity index (χ2n) is 1.98. The molecule has 0 bridgehead atoms. The van der Waals surface area contributed by atoms with E-state index in [1.807, 2.05) is 0 Å². The van der Waals surface area contributed by atoms with Gasteiger partial charge in [-0.2, -0.15) is 0 Å². The number of aromatic nitrogens is 2. The molecule has 12 heavy (non-hydrogen) atoms. The van der Waals surface area contributed by atoms with Crippen molar-refractivity contribution in [1.82, 2.24) is 9.97 Å². The first-order valence-electron chi connectivity index (χ1n) is 3.00. The van der Waals surface area contributed by atoms with Gasteiger partial charge in [-0.3, -0.25) is 4.79 Å². The van der Waals surface area contributed by atoms with Crippen molar-refractivity contribution in [1.29, 1.82) is 0 Å². The Bertz CT molecular complexity index is 359. The van der Waals surface area contributed by atoms with Gasteiger partial charge >= 0.3 is 0 Å². The third-order valence-corrected chi connectivity index (χ3v) is 1.47. The van der Waals surface area contributed by atoms with Crippen molar-refractivity contribution in [3.63, 3.8) is 0 Å². The molecule has 1 amide bonds. The smallest absolute Gasteiger partial charge is 0.211 e. The molecule has 0 fully saturated rings. The molecular formula is C5H7N5OS. The predicted molar refractivity (Wildman–Crippen MR) is 47.9 cm³/mol. The number of anilines is 3. The number of rotatable bonds is 2. The summed E-state index contributed by atoms with van der Waals surface area (Å²) < 4.78 is 0.163. The molecule has 0 unspecified atom stereocenters. The van der Waals surface area contributed by atoms with Gasteiger partial charge in [0.2, 0.25) is 6.41 Å². The number of nitrogens with two attached hydrogens (primary N) is 2. The SMILES string of the molecule is Nc1nc(=S)c(NC=O)c(N)[nH]1. The number of amides is 1. The normalized spacial score (nSPS) is 9.33. The molecule has 0 aliphatic carbocycles. The van der Waals surface area contributed by atoms with E-state index in [1.54, 1.807) is 0 Å². The minimum atomic E-state index is 0.119. The van der Waals surface area contributed by atoms with E-state index in [-0.39, 0.29) is 22.1 Å². The molecule has 0 aliphatic heterocycles. The van der Waals surface area contributed by atoms with Crippen molar-refractivity contribution in [3.8, 4) is 0 Å². The number of nitrogen functional groups attached to an aromatic ring is 2. The molecule has 1 heterocycles. The van der Waals surface area contributed by atoms with Crippen LogP contribution in [0, 0.1) is 4.64 Å². The lowest BCUT2D eigenvalue weighted by molar-refractivity contribution is -0.105. The fourth-order valence-corrected chi connectivity index (χ4v) is 0.975. The number of nitrogens with one attached hydrogen (secondary N) is 2. The number of nitrogens with zero attached hydrogens (tertiary/aromatic N) is 1. The summed E-state index contributed by atoms with van der Waals surface area (Å²) in [6.07, 6.45) is 0.465. The Balaban J connectivity index is 3.28. The lowest BCUT2D eigenvalue weighted by Gasteiger charge is -2.03. The number of hydrogen-bond donors (Lipinski definition) is 4. The highest BCUT2D eigenvalue weighted by Crippen LogP contribution is 2.15. The van der Waals surface area contributed by atoms with Crippen LogP contribution in [0.4, 0.5) is 17.5 Å². The topological polar surface area (TPSA) is 110 Å². The maximum Gasteiger partial charge on any atom is 0.211 e. The zero-order valence-corrected chi connectivity index (χ0v) is 6.81. The van der Waals surface area contributed by atoms with Gasteiger partial charge in [0.15, 0.2) is 10.6 Å². The van der Waals surface area contributed by atoms with Gasteiger partial charge in [-0.05, 0) is 0 Å². The number of aromatic amines is 1. The molecule has 6 N–H and O–H groups in total. The van der Waals surface area contributed by atoms with Gasteiger partial charge in [-0.25, -0.2) is 4.98 Å². The highest BCUT2D eigenvalue weighted by Gasteiger charge is 2.02. The molecule has 0 spiro atoms. The third kappa shape index (κ3) is 1.51. The summed E-state index contributed by atoms with van der Waals surface area (Å²) in [4.78, 5) is 16.3. The number of carbonyl (C=O) groups excluding carboxylic acids is 1. The lowest BCUT2D eigenvalue weighted by Crippen LogP contribution is -2.06. The summed E-state index contributed by atoms with van der Waals surface area (Å²) in [5, 5.41) is 2.31. The van der Waals surface area contributed by atoms with Crippen molar-refractivity contribution >= 4 is 36.1 Å². The van der Waals surface area contributed by atoms with Crippen LogP contribution in [-0.2, 0) is 4.79 Å². The molecule has 64 valence electrons. The molecular weight excluding hydrogens is 178 g/mol. The van der Waals surface area contributed by atoms with Crippen LogP contribution >= 0.6 is 12.2 Å². The maximum absolute atomic E-state index is 10.1. The van der Waals surface area contributed by atoms with Crippen molar-refractivity contribution in [2.24, 2.45) is 0 Å². The van der Waals surface area contributed by atoms with E-state index in [0.29, 0.717) is 6.41 Å². The summed E-state index contributed by atoms with van der Waals surface area (Å²) in [5.74, 6) is 0.313. The fourth-order valence-electron chi connectivity index (χ4n) is 0.707. The second-order valence-corrected chi connectivity index (χ2v) is 2.36. The van der Waals surface area contributed by atoms with Crippen molar-refractivity contribution in [2.75, 3.05) is 16.8 Å². The zero-order valence-electron chi connectivity index (χ0n) is 6.00. The molecule has 0 atom stereocenters. The second kappa shape index (κ2) is 3.18. The molecule has 1 aromatic heterocycles. The summed E-state index contributed by atoms with van der Waals surface area (Å²) in [5.41, 5.74) is 11.0. The van der Waals surface area contributed by atoms with E-state index >= 15 is 0 Å². The Hall–Kier alpha value is -1.63. The molecule has 1 rings (SSSR count). The number of hydrogen-bond acceptors (Lipinski definition) is 5. The average molecular weight is 185 g/mol. The molecule has 7 heteroatoms. The molecule has 0 saturated heterocycles. The predicted octanol–water partition coefficient (Wildman–Crippen LogP) is -0.128. The number of carbonyl (C=O) groups is 1. The van der Waals surface area contributed by atoms with E-state index in [9.17, 15) is 4.79 Å². The van der Waals surface area contributed by atoms with Crippen LogP contribution in [0.3, 0.4) is 0 Å². The van der Waals surface area contributed by atoms with Gasteiger partial charge in [0.1, 0.15) is 11.5 Å². The van der Waals surface area contributed by atoms with Crippen LogP contribution < -0.4 is 16.8 Å². The third-order valence-electron chi connectivity index (χ3n) is 1.17. The minimum Gasteiger partial charge on any atom is -0.383 e.